The molecule has 0 bridgehead atoms. The summed E-state index contributed by atoms with van der Waals surface area (Å²) in [6.07, 6.45) is 9.65. The number of hydrogen-bond donors (Lipinski definition) is 0. The molecule has 3 aliphatic rings. The fourth-order valence-electron chi connectivity index (χ4n) is 7.06. The lowest BCUT2D eigenvalue weighted by atomic mass is 9.89. The zero-order valence-electron chi connectivity index (χ0n) is 27.9. The molecule has 2 aliphatic heterocycles. The van der Waals surface area contributed by atoms with E-state index >= 15 is 0 Å². The Morgan fingerprint density at radius 1 is 0.733 bits per heavy atom. The summed E-state index contributed by atoms with van der Waals surface area (Å²) in [5, 5.41) is 0. The van der Waals surface area contributed by atoms with Crippen LogP contribution in [0.25, 0.3) is 0 Å². The first kappa shape index (κ1) is 34.5. The smallest absolute Gasteiger partial charge is 0.282 e. The summed E-state index contributed by atoms with van der Waals surface area (Å²) in [4.78, 5) is 8.34. The van der Waals surface area contributed by atoms with Crippen LogP contribution in [0.4, 0.5) is 11.4 Å². The van der Waals surface area contributed by atoms with E-state index in [-0.39, 0.29) is 0 Å². The Hall–Kier alpha value is -1.82. The molecule has 5 rings (SSSR count). The third kappa shape index (κ3) is 10.1. The molecule has 3 fully saturated rings. The first-order valence-electron chi connectivity index (χ1n) is 17.3. The van der Waals surface area contributed by atoms with E-state index in [4.69, 9.17) is 0 Å². The van der Waals surface area contributed by atoms with E-state index in [1.807, 2.05) is 16.3 Å². The summed E-state index contributed by atoms with van der Waals surface area (Å²) < 4.78 is 34.2. The van der Waals surface area contributed by atoms with Gasteiger partial charge >= 0.3 is 0 Å². The molecule has 0 radical (unpaired) electrons. The van der Waals surface area contributed by atoms with E-state index in [1.165, 1.54) is 53.9 Å². The lowest BCUT2D eigenvalue weighted by Crippen LogP contribution is -2.53. The van der Waals surface area contributed by atoms with E-state index in [9.17, 15) is 8.42 Å². The number of nitrogens with zero attached hydrogens (tertiary/aromatic N) is 6. The van der Waals surface area contributed by atoms with Crippen LogP contribution in [-0.4, -0.2) is 112 Å². The molecule has 2 saturated heterocycles. The molecule has 0 unspecified atom stereocenters. The van der Waals surface area contributed by atoms with Crippen LogP contribution in [0.3, 0.4) is 0 Å². The van der Waals surface area contributed by atoms with Crippen LogP contribution in [0.2, 0.25) is 0 Å². The summed E-state index contributed by atoms with van der Waals surface area (Å²) in [6, 6.07) is 17.3. The zero-order valence-corrected chi connectivity index (χ0v) is 29.6. The Kier molecular flexibility index (Phi) is 12.9. The first-order chi connectivity index (χ1) is 21.8. The topological polar surface area (TPSA) is 53.6 Å². The molecule has 2 heterocycles. The maximum atomic E-state index is 14.1. The third-order valence-corrected chi connectivity index (χ3v) is 12.8. The fourth-order valence-corrected chi connectivity index (χ4v) is 9.73. The molecule has 1 aliphatic carbocycles. The molecule has 0 amide bonds. The standard InChI is InChI=1S/C35H56N6O2S2/c1-31-11-7-14-34(29-31)38-25-27-41(28-26-38)45(42,43)40-23-9-20-37(30-32-12-5-4-6-13-32)19-8-21-39(22-10-24-40)44-35-17-15-33(16-18-35)36(2)3/h7,11,14-18,29,32H,4-6,8-10,12-13,19-28,30H2,1-3H3. The van der Waals surface area contributed by atoms with Gasteiger partial charge in [-0.2, -0.15) is 17.0 Å². The third-order valence-electron chi connectivity index (χ3n) is 9.67. The van der Waals surface area contributed by atoms with Crippen LogP contribution < -0.4 is 9.80 Å². The molecule has 1 saturated carbocycles. The van der Waals surface area contributed by atoms with Gasteiger partial charge in [0.15, 0.2) is 0 Å². The molecule has 10 heteroatoms. The second-order valence-corrected chi connectivity index (χ2v) is 16.5. The summed E-state index contributed by atoms with van der Waals surface area (Å²) in [5.41, 5.74) is 3.62. The van der Waals surface area contributed by atoms with Crippen molar-refractivity contribution < 1.29 is 8.42 Å². The fraction of sp³-hybridized carbons (Fsp3) is 0.657. The Morgan fingerprint density at radius 2 is 1.36 bits per heavy atom. The van der Waals surface area contributed by atoms with E-state index < -0.39 is 10.2 Å². The van der Waals surface area contributed by atoms with Gasteiger partial charge < -0.3 is 14.7 Å². The van der Waals surface area contributed by atoms with Crippen molar-refractivity contribution in [1.82, 2.24) is 17.8 Å². The SMILES string of the molecule is Cc1cccc(N2CCN(S(=O)(=O)N3CCCN(CC4CCCCC4)CCCN(Sc4ccc(N(C)C)cc4)CCC3)CC2)c1. The molecule has 45 heavy (non-hydrogen) atoms. The van der Waals surface area contributed by atoms with Crippen molar-refractivity contribution in [2.24, 2.45) is 5.92 Å². The van der Waals surface area contributed by atoms with Gasteiger partial charge in [-0.05, 0) is 112 Å². The van der Waals surface area contributed by atoms with Gasteiger partial charge in [-0.3, -0.25) is 0 Å². The van der Waals surface area contributed by atoms with Gasteiger partial charge in [-0.15, -0.1) is 0 Å². The van der Waals surface area contributed by atoms with Gasteiger partial charge in [0.2, 0.25) is 0 Å². The number of aryl methyl sites for hydroxylation is 1. The van der Waals surface area contributed by atoms with Crippen molar-refractivity contribution in [3.05, 3.63) is 54.1 Å². The lowest BCUT2D eigenvalue weighted by Gasteiger charge is -2.38. The molecule has 8 nitrogen and oxygen atoms in total. The van der Waals surface area contributed by atoms with Crippen molar-refractivity contribution in [1.29, 1.82) is 0 Å². The van der Waals surface area contributed by atoms with Gasteiger partial charge in [-0.25, -0.2) is 4.31 Å². The Morgan fingerprint density at radius 3 is 2.00 bits per heavy atom. The summed E-state index contributed by atoms with van der Waals surface area (Å²) in [5.74, 6) is 0.789. The molecule has 0 atom stereocenters. The minimum atomic E-state index is -3.53. The van der Waals surface area contributed by atoms with Gasteiger partial charge in [0.25, 0.3) is 10.2 Å². The molecule has 0 spiro atoms. The highest BCUT2D eigenvalue weighted by molar-refractivity contribution is 7.97. The molecule has 2 aromatic rings. The Bertz CT molecular complexity index is 1280. The number of hydrogen-bond acceptors (Lipinski definition) is 7. The largest absolute Gasteiger partial charge is 0.378 e. The van der Waals surface area contributed by atoms with Crippen LogP contribution in [0.5, 0.6) is 0 Å². The second-order valence-electron chi connectivity index (χ2n) is 13.4. The highest BCUT2D eigenvalue weighted by Crippen LogP contribution is 2.28. The summed E-state index contributed by atoms with van der Waals surface area (Å²) in [7, 11) is 0.612. The first-order valence-corrected chi connectivity index (χ1v) is 19.4. The highest BCUT2D eigenvalue weighted by Gasteiger charge is 2.32. The molecule has 0 aromatic heterocycles. The van der Waals surface area contributed by atoms with E-state index in [2.05, 4.69) is 88.6 Å². The Labute approximate surface area is 278 Å². The number of rotatable bonds is 8. The minimum absolute atomic E-state index is 0.533. The number of benzene rings is 2. The average molecular weight is 657 g/mol. The summed E-state index contributed by atoms with van der Waals surface area (Å²) in [6.45, 7) is 10.9. The quantitative estimate of drug-likeness (QED) is 0.333. The molecular weight excluding hydrogens is 601 g/mol. The monoisotopic (exact) mass is 656 g/mol. The van der Waals surface area contributed by atoms with Crippen LogP contribution in [0.1, 0.15) is 56.9 Å². The maximum Gasteiger partial charge on any atom is 0.282 e. The Balaban J connectivity index is 1.25. The van der Waals surface area contributed by atoms with Crippen molar-refractivity contribution in [2.45, 2.75) is 63.2 Å². The van der Waals surface area contributed by atoms with E-state index in [1.54, 1.807) is 4.31 Å². The van der Waals surface area contributed by atoms with Gasteiger partial charge in [-0.1, -0.05) is 31.4 Å². The average Bonchev–Trinajstić information content (AvgIpc) is 3.04. The van der Waals surface area contributed by atoms with Gasteiger partial charge in [0, 0.05) is 89.3 Å². The predicted octanol–water partition coefficient (Wildman–Crippen LogP) is 5.81. The summed E-state index contributed by atoms with van der Waals surface area (Å²) >= 11 is 1.82. The van der Waals surface area contributed by atoms with Crippen molar-refractivity contribution in [2.75, 3.05) is 95.9 Å². The number of piperazine rings is 1. The van der Waals surface area contributed by atoms with Gasteiger partial charge in [0.1, 0.15) is 0 Å². The normalized spacial score (nSPS) is 21.7. The minimum Gasteiger partial charge on any atom is -0.378 e. The molecule has 2 aromatic carbocycles. The van der Waals surface area contributed by atoms with Crippen molar-refractivity contribution in [3.63, 3.8) is 0 Å². The molecular formula is C35H56N6O2S2. The van der Waals surface area contributed by atoms with Crippen LogP contribution in [0, 0.1) is 12.8 Å². The number of anilines is 2. The zero-order chi connectivity index (χ0) is 31.6. The second kappa shape index (κ2) is 16.8. The maximum absolute atomic E-state index is 14.1. The van der Waals surface area contributed by atoms with Crippen LogP contribution in [0.15, 0.2) is 53.4 Å². The molecule has 250 valence electrons. The highest BCUT2D eigenvalue weighted by atomic mass is 32.2. The van der Waals surface area contributed by atoms with E-state index in [0.717, 1.165) is 71.0 Å². The van der Waals surface area contributed by atoms with Crippen molar-refractivity contribution >= 4 is 33.5 Å². The van der Waals surface area contributed by atoms with Crippen LogP contribution >= 0.6 is 11.9 Å². The predicted molar refractivity (Wildman–Crippen MR) is 191 cm³/mol. The van der Waals surface area contributed by atoms with Gasteiger partial charge in [0.05, 0.1) is 0 Å². The lowest BCUT2D eigenvalue weighted by molar-refractivity contribution is 0.185. The van der Waals surface area contributed by atoms with Crippen molar-refractivity contribution in [3.8, 4) is 0 Å². The van der Waals surface area contributed by atoms with E-state index in [0.29, 0.717) is 26.2 Å². The molecule has 0 N–H and O–H groups in total. The van der Waals surface area contributed by atoms with Crippen LogP contribution in [-0.2, 0) is 10.2 Å².